The van der Waals surface area contributed by atoms with Crippen molar-refractivity contribution >= 4 is 11.4 Å². The zero-order chi connectivity index (χ0) is 9.26. The minimum atomic E-state index is 0.227. The molecule has 0 amide bonds. The maximum atomic E-state index is 11.1. The first-order chi connectivity index (χ1) is 6.31. The first kappa shape index (κ1) is 8.05. The van der Waals surface area contributed by atoms with Crippen LogP contribution < -0.4 is 4.74 Å². The summed E-state index contributed by atoms with van der Waals surface area (Å²) < 4.78 is 5.02. The summed E-state index contributed by atoms with van der Waals surface area (Å²) in [5.41, 5.74) is 1.82. The molecule has 66 valence electrons. The van der Waals surface area contributed by atoms with Crippen LogP contribution in [-0.4, -0.2) is 12.9 Å². The maximum Gasteiger partial charge on any atom is 0.166 e. The van der Waals surface area contributed by atoms with Crippen LogP contribution in [0.1, 0.15) is 12.0 Å². The molecule has 1 aromatic rings. The molecule has 2 heteroatoms. The molecule has 0 aromatic heterocycles. The lowest BCUT2D eigenvalue weighted by Gasteiger charge is -2.13. The van der Waals surface area contributed by atoms with E-state index in [1.54, 1.807) is 7.11 Å². The number of benzene rings is 1. The second-order valence-corrected chi connectivity index (χ2v) is 2.97. The molecule has 13 heavy (non-hydrogen) atoms. The van der Waals surface area contributed by atoms with Gasteiger partial charge in [0.25, 0.3) is 0 Å². The van der Waals surface area contributed by atoms with E-state index in [9.17, 15) is 4.79 Å². The SMILES string of the molecule is COc1ccc(C2=CCC2=O)cc1. The van der Waals surface area contributed by atoms with E-state index in [2.05, 4.69) is 0 Å². The molecule has 0 radical (unpaired) electrons. The molecule has 0 saturated carbocycles. The molecular formula is C11H10O2. The highest BCUT2D eigenvalue weighted by molar-refractivity contribution is 6.27. The number of Topliss-reactive ketones (excluding diaryl/α,β-unsaturated/α-hetero) is 1. The molecule has 1 aliphatic carbocycles. The van der Waals surface area contributed by atoms with Crippen molar-refractivity contribution in [3.63, 3.8) is 0 Å². The Morgan fingerprint density at radius 2 is 1.92 bits per heavy atom. The Bertz CT molecular complexity index is 360. The van der Waals surface area contributed by atoms with Gasteiger partial charge in [0.2, 0.25) is 0 Å². The van der Waals surface area contributed by atoms with Gasteiger partial charge in [-0.05, 0) is 17.7 Å². The molecule has 1 aliphatic rings. The third-order valence-electron chi connectivity index (χ3n) is 2.19. The number of ether oxygens (including phenoxy) is 1. The Morgan fingerprint density at radius 1 is 1.23 bits per heavy atom. The van der Waals surface area contributed by atoms with E-state index in [0.29, 0.717) is 6.42 Å². The van der Waals surface area contributed by atoms with Crippen molar-refractivity contribution in [3.05, 3.63) is 35.9 Å². The fraction of sp³-hybridized carbons (Fsp3) is 0.182. The lowest BCUT2D eigenvalue weighted by Crippen LogP contribution is -2.09. The van der Waals surface area contributed by atoms with Crippen LogP contribution in [0.2, 0.25) is 0 Å². The van der Waals surface area contributed by atoms with Crippen molar-refractivity contribution in [2.45, 2.75) is 6.42 Å². The fourth-order valence-corrected chi connectivity index (χ4v) is 1.34. The van der Waals surface area contributed by atoms with Gasteiger partial charge in [-0.15, -0.1) is 0 Å². The van der Waals surface area contributed by atoms with Crippen LogP contribution >= 0.6 is 0 Å². The third kappa shape index (κ3) is 1.35. The first-order valence-corrected chi connectivity index (χ1v) is 4.19. The Morgan fingerprint density at radius 3 is 2.31 bits per heavy atom. The normalized spacial score (nSPS) is 14.8. The van der Waals surface area contributed by atoms with Crippen molar-refractivity contribution in [1.29, 1.82) is 0 Å². The van der Waals surface area contributed by atoms with Crippen molar-refractivity contribution in [3.8, 4) is 5.75 Å². The standard InChI is InChI=1S/C11H10O2/c1-13-9-4-2-8(3-5-9)10-6-7-11(10)12/h2-6H,7H2,1H3. The van der Waals surface area contributed by atoms with Gasteiger partial charge >= 0.3 is 0 Å². The zero-order valence-corrected chi connectivity index (χ0v) is 7.41. The fourth-order valence-electron chi connectivity index (χ4n) is 1.34. The van der Waals surface area contributed by atoms with E-state index in [0.717, 1.165) is 16.9 Å². The van der Waals surface area contributed by atoms with Gasteiger partial charge in [0.15, 0.2) is 5.78 Å². The summed E-state index contributed by atoms with van der Waals surface area (Å²) >= 11 is 0. The molecule has 0 bridgehead atoms. The number of carbonyl (C=O) groups is 1. The van der Waals surface area contributed by atoms with Gasteiger partial charge in [-0.3, -0.25) is 4.79 Å². The summed E-state index contributed by atoms with van der Waals surface area (Å²) in [5, 5.41) is 0. The van der Waals surface area contributed by atoms with E-state index >= 15 is 0 Å². The van der Waals surface area contributed by atoms with Gasteiger partial charge in [-0.1, -0.05) is 18.2 Å². The van der Waals surface area contributed by atoms with Gasteiger partial charge in [0.1, 0.15) is 5.75 Å². The van der Waals surface area contributed by atoms with Gasteiger partial charge in [-0.2, -0.15) is 0 Å². The van der Waals surface area contributed by atoms with Crippen LogP contribution in [0.4, 0.5) is 0 Å². The minimum Gasteiger partial charge on any atom is -0.497 e. The van der Waals surface area contributed by atoms with E-state index < -0.39 is 0 Å². The van der Waals surface area contributed by atoms with Crippen LogP contribution in [-0.2, 0) is 4.79 Å². The number of ketones is 1. The number of hydrogen-bond acceptors (Lipinski definition) is 2. The van der Waals surface area contributed by atoms with E-state index in [1.807, 2.05) is 30.3 Å². The van der Waals surface area contributed by atoms with Crippen molar-refractivity contribution in [2.75, 3.05) is 7.11 Å². The second-order valence-electron chi connectivity index (χ2n) is 2.97. The highest BCUT2D eigenvalue weighted by Gasteiger charge is 2.18. The molecule has 2 rings (SSSR count). The lowest BCUT2D eigenvalue weighted by atomic mass is 9.90. The van der Waals surface area contributed by atoms with Crippen LogP contribution in [0.3, 0.4) is 0 Å². The molecule has 2 nitrogen and oxygen atoms in total. The van der Waals surface area contributed by atoms with Crippen molar-refractivity contribution in [1.82, 2.24) is 0 Å². The van der Waals surface area contributed by atoms with Crippen molar-refractivity contribution < 1.29 is 9.53 Å². The highest BCUT2D eigenvalue weighted by Crippen LogP contribution is 2.26. The highest BCUT2D eigenvalue weighted by atomic mass is 16.5. The largest absolute Gasteiger partial charge is 0.497 e. The Hall–Kier alpha value is -1.57. The predicted octanol–water partition coefficient (Wildman–Crippen LogP) is 2.05. The van der Waals surface area contributed by atoms with Gasteiger partial charge in [0, 0.05) is 12.0 Å². The summed E-state index contributed by atoms with van der Waals surface area (Å²) in [4.78, 5) is 11.1. The van der Waals surface area contributed by atoms with Crippen LogP contribution in [0.25, 0.3) is 5.57 Å². The number of rotatable bonds is 2. The smallest absolute Gasteiger partial charge is 0.166 e. The molecule has 1 aromatic carbocycles. The van der Waals surface area contributed by atoms with Crippen molar-refractivity contribution in [2.24, 2.45) is 0 Å². The lowest BCUT2D eigenvalue weighted by molar-refractivity contribution is -0.114. The zero-order valence-electron chi connectivity index (χ0n) is 7.41. The topological polar surface area (TPSA) is 26.3 Å². The van der Waals surface area contributed by atoms with Crippen LogP contribution in [0.15, 0.2) is 30.3 Å². The maximum absolute atomic E-state index is 11.1. The molecule has 0 atom stereocenters. The van der Waals surface area contributed by atoms with Crippen LogP contribution in [0, 0.1) is 0 Å². The molecule has 0 aliphatic heterocycles. The molecule has 0 N–H and O–H groups in total. The molecule has 0 unspecified atom stereocenters. The molecule has 0 saturated heterocycles. The van der Waals surface area contributed by atoms with E-state index in [1.165, 1.54) is 0 Å². The summed E-state index contributed by atoms with van der Waals surface area (Å²) in [6, 6.07) is 7.53. The monoisotopic (exact) mass is 174 g/mol. The molecular weight excluding hydrogens is 164 g/mol. The quantitative estimate of drug-likeness (QED) is 0.685. The number of hydrogen-bond donors (Lipinski definition) is 0. The molecule has 0 heterocycles. The first-order valence-electron chi connectivity index (χ1n) is 4.19. The Labute approximate surface area is 76.8 Å². The van der Waals surface area contributed by atoms with E-state index in [-0.39, 0.29) is 5.78 Å². The Balaban J connectivity index is 2.28. The second kappa shape index (κ2) is 3.05. The number of methoxy groups -OCH3 is 1. The molecule has 0 spiro atoms. The summed E-state index contributed by atoms with van der Waals surface area (Å²) in [6.07, 6.45) is 2.53. The summed E-state index contributed by atoms with van der Waals surface area (Å²) in [7, 11) is 1.63. The number of allylic oxidation sites excluding steroid dienone is 2. The average molecular weight is 174 g/mol. The predicted molar refractivity (Wildman–Crippen MR) is 50.6 cm³/mol. The molecule has 0 fully saturated rings. The number of carbonyl (C=O) groups excluding carboxylic acids is 1. The van der Waals surface area contributed by atoms with Gasteiger partial charge in [0.05, 0.1) is 7.11 Å². The van der Waals surface area contributed by atoms with Gasteiger partial charge < -0.3 is 4.74 Å². The third-order valence-corrected chi connectivity index (χ3v) is 2.19. The van der Waals surface area contributed by atoms with Crippen LogP contribution in [0.5, 0.6) is 5.75 Å². The Kier molecular flexibility index (Phi) is 1.89. The average Bonchev–Trinajstić information content (AvgIpc) is 2.17. The minimum absolute atomic E-state index is 0.227. The van der Waals surface area contributed by atoms with E-state index in [4.69, 9.17) is 4.74 Å². The summed E-state index contributed by atoms with van der Waals surface area (Å²) in [6.45, 7) is 0. The summed E-state index contributed by atoms with van der Waals surface area (Å²) in [5.74, 6) is 1.04. The van der Waals surface area contributed by atoms with Gasteiger partial charge in [-0.25, -0.2) is 0 Å².